The van der Waals surface area contributed by atoms with E-state index in [0.717, 1.165) is 6.07 Å². The molecule has 7 heteroatoms. The molecular weight excluding hydrogens is 357 g/mol. The second-order valence-corrected chi connectivity index (χ2v) is 6.64. The van der Waals surface area contributed by atoms with Crippen LogP contribution < -0.4 is 4.72 Å². The average molecular weight is 365 g/mol. The summed E-state index contributed by atoms with van der Waals surface area (Å²) in [6, 6.07) is 9.38. The van der Waals surface area contributed by atoms with Crippen molar-refractivity contribution < 1.29 is 12.8 Å². The molecule has 0 radical (unpaired) electrons. The molecule has 2 aromatic rings. The van der Waals surface area contributed by atoms with Crippen LogP contribution in [-0.4, -0.2) is 8.42 Å². The van der Waals surface area contributed by atoms with Crippen molar-refractivity contribution in [2.45, 2.75) is 4.90 Å². The van der Waals surface area contributed by atoms with E-state index in [4.69, 9.17) is 11.6 Å². The second kappa shape index (κ2) is 5.48. The van der Waals surface area contributed by atoms with Crippen LogP contribution in [0, 0.1) is 5.82 Å². The highest BCUT2D eigenvalue weighted by Gasteiger charge is 2.15. The van der Waals surface area contributed by atoms with E-state index in [2.05, 4.69) is 20.7 Å². The van der Waals surface area contributed by atoms with Crippen molar-refractivity contribution >= 4 is 43.2 Å². The summed E-state index contributed by atoms with van der Waals surface area (Å²) >= 11 is 9.01. The first kappa shape index (κ1) is 14.3. The molecular formula is C12H8BrClFNO2S. The van der Waals surface area contributed by atoms with Gasteiger partial charge in [-0.15, -0.1) is 0 Å². The molecule has 1 N–H and O–H groups in total. The zero-order valence-electron chi connectivity index (χ0n) is 9.40. The van der Waals surface area contributed by atoms with Crippen LogP contribution in [0.25, 0.3) is 0 Å². The van der Waals surface area contributed by atoms with E-state index in [1.807, 2.05) is 0 Å². The number of nitrogens with one attached hydrogen (secondary N) is 1. The highest BCUT2D eigenvalue weighted by Crippen LogP contribution is 2.27. The largest absolute Gasteiger partial charge is 0.280 e. The molecule has 0 fully saturated rings. The van der Waals surface area contributed by atoms with Crippen molar-refractivity contribution in [1.29, 1.82) is 0 Å². The van der Waals surface area contributed by atoms with Crippen LogP contribution in [0.3, 0.4) is 0 Å². The Morgan fingerprint density at radius 3 is 2.53 bits per heavy atom. The van der Waals surface area contributed by atoms with Crippen molar-refractivity contribution in [2.75, 3.05) is 4.72 Å². The minimum absolute atomic E-state index is 0.140. The Bertz CT molecular complexity index is 721. The summed E-state index contributed by atoms with van der Waals surface area (Å²) in [5.41, 5.74) is 0.334. The first-order valence-electron chi connectivity index (χ1n) is 5.12. The molecule has 0 spiro atoms. The number of anilines is 1. The Kier molecular flexibility index (Phi) is 4.13. The van der Waals surface area contributed by atoms with Gasteiger partial charge in [0.1, 0.15) is 5.82 Å². The highest BCUT2D eigenvalue weighted by atomic mass is 79.9. The van der Waals surface area contributed by atoms with Crippen LogP contribution in [0.4, 0.5) is 10.1 Å². The van der Waals surface area contributed by atoms with E-state index in [1.165, 1.54) is 30.3 Å². The van der Waals surface area contributed by atoms with E-state index in [1.54, 1.807) is 6.07 Å². The third-order valence-electron chi connectivity index (χ3n) is 2.28. The van der Waals surface area contributed by atoms with E-state index >= 15 is 0 Å². The first-order valence-corrected chi connectivity index (χ1v) is 7.77. The van der Waals surface area contributed by atoms with Gasteiger partial charge in [-0.2, -0.15) is 0 Å². The Balaban J connectivity index is 2.33. The molecule has 0 atom stereocenters. The molecule has 0 aromatic heterocycles. The lowest BCUT2D eigenvalue weighted by molar-refractivity contribution is 0.595. The Labute approximate surface area is 123 Å². The fourth-order valence-corrected chi connectivity index (χ4v) is 2.98. The normalized spacial score (nSPS) is 11.3. The zero-order chi connectivity index (χ0) is 14.0. The molecule has 0 aliphatic heterocycles. The third-order valence-corrected chi connectivity index (χ3v) is 4.87. The summed E-state index contributed by atoms with van der Waals surface area (Å²) in [6.45, 7) is 0. The topological polar surface area (TPSA) is 46.2 Å². The van der Waals surface area contributed by atoms with Gasteiger partial charge in [0.2, 0.25) is 0 Å². The lowest BCUT2D eigenvalue weighted by atomic mass is 10.3. The second-order valence-electron chi connectivity index (χ2n) is 3.69. The molecule has 0 bridgehead atoms. The summed E-state index contributed by atoms with van der Waals surface area (Å²) in [5.74, 6) is -0.611. The highest BCUT2D eigenvalue weighted by molar-refractivity contribution is 9.10. The molecule has 0 aliphatic carbocycles. The van der Waals surface area contributed by atoms with Gasteiger partial charge >= 0.3 is 0 Å². The lowest BCUT2D eigenvalue weighted by Crippen LogP contribution is -2.13. The zero-order valence-corrected chi connectivity index (χ0v) is 12.6. The van der Waals surface area contributed by atoms with Crippen molar-refractivity contribution in [1.82, 2.24) is 0 Å². The van der Waals surface area contributed by atoms with Crippen LogP contribution in [-0.2, 0) is 10.0 Å². The summed E-state index contributed by atoms with van der Waals surface area (Å²) in [5, 5.41) is 0.466. The fraction of sp³-hybridized carbons (Fsp3) is 0. The molecule has 100 valence electrons. The summed E-state index contributed by atoms with van der Waals surface area (Å²) in [6.07, 6.45) is 0. The van der Waals surface area contributed by atoms with Gasteiger partial charge in [0.05, 0.1) is 15.6 Å². The molecule has 0 aliphatic rings. The van der Waals surface area contributed by atoms with Gasteiger partial charge in [-0.1, -0.05) is 17.7 Å². The number of sulfonamides is 1. The molecule has 0 amide bonds. The first-order chi connectivity index (χ1) is 8.88. The molecule has 19 heavy (non-hydrogen) atoms. The van der Waals surface area contributed by atoms with Gasteiger partial charge in [-0.05, 0) is 52.3 Å². The summed E-state index contributed by atoms with van der Waals surface area (Å²) in [7, 11) is -3.82. The minimum Gasteiger partial charge on any atom is -0.280 e. The quantitative estimate of drug-likeness (QED) is 0.893. The van der Waals surface area contributed by atoms with Gasteiger partial charge in [0, 0.05) is 4.47 Å². The maximum absolute atomic E-state index is 13.0. The molecule has 3 nitrogen and oxygen atoms in total. The SMILES string of the molecule is O=S(=O)(Nc1ccc(Cl)c(Br)c1)c1cccc(F)c1. The average Bonchev–Trinajstić information content (AvgIpc) is 2.33. The minimum atomic E-state index is -3.82. The van der Waals surface area contributed by atoms with Crippen LogP contribution in [0.5, 0.6) is 0 Å². The molecule has 0 heterocycles. The van der Waals surface area contributed by atoms with E-state index < -0.39 is 15.8 Å². The van der Waals surface area contributed by atoms with Crippen LogP contribution in [0.1, 0.15) is 0 Å². The van der Waals surface area contributed by atoms with Gasteiger partial charge in [-0.3, -0.25) is 4.72 Å². The predicted molar refractivity (Wildman–Crippen MR) is 76.4 cm³/mol. The number of halogens is 3. The van der Waals surface area contributed by atoms with Crippen molar-refractivity contribution in [3.8, 4) is 0 Å². The summed E-state index contributed by atoms with van der Waals surface area (Å²) < 4.78 is 40.0. The fourth-order valence-electron chi connectivity index (χ4n) is 1.41. The maximum Gasteiger partial charge on any atom is 0.261 e. The Morgan fingerprint density at radius 2 is 1.89 bits per heavy atom. The van der Waals surface area contributed by atoms with Gasteiger partial charge < -0.3 is 0 Å². The van der Waals surface area contributed by atoms with Gasteiger partial charge in [0.15, 0.2) is 0 Å². The predicted octanol–water partition coefficient (Wildman–Crippen LogP) is 4.04. The molecule has 2 aromatic carbocycles. The Hall–Kier alpha value is -1.11. The van der Waals surface area contributed by atoms with Gasteiger partial charge in [0.25, 0.3) is 10.0 Å². The summed E-state index contributed by atoms with van der Waals surface area (Å²) in [4.78, 5) is -0.140. The van der Waals surface area contributed by atoms with Crippen LogP contribution in [0.2, 0.25) is 5.02 Å². The molecule has 0 saturated carbocycles. The molecule has 0 unspecified atom stereocenters. The smallest absolute Gasteiger partial charge is 0.261 e. The Morgan fingerprint density at radius 1 is 1.16 bits per heavy atom. The van der Waals surface area contributed by atoms with Crippen LogP contribution >= 0.6 is 27.5 Å². The lowest BCUT2D eigenvalue weighted by Gasteiger charge is -2.09. The number of benzene rings is 2. The van der Waals surface area contributed by atoms with E-state index in [-0.39, 0.29) is 4.90 Å². The number of hydrogen-bond acceptors (Lipinski definition) is 2. The standard InChI is InChI=1S/C12H8BrClFNO2S/c13-11-7-9(4-5-12(11)14)16-19(17,18)10-3-1-2-8(15)6-10/h1-7,16H. The van der Waals surface area contributed by atoms with Crippen LogP contribution in [0.15, 0.2) is 51.8 Å². The molecule has 0 saturated heterocycles. The van der Waals surface area contributed by atoms with Crippen molar-refractivity contribution in [3.05, 3.63) is 57.8 Å². The van der Waals surface area contributed by atoms with Gasteiger partial charge in [-0.25, -0.2) is 12.8 Å². The number of hydrogen-bond donors (Lipinski definition) is 1. The third kappa shape index (κ3) is 3.46. The molecule has 2 rings (SSSR count). The van der Waals surface area contributed by atoms with Crippen molar-refractivity contribution in [2.24, 2.45) is 0 Å². The van der Waals surface area contributed by atoms with Crippen molar-refractivity contribution in [3.63, 3.8) is 0 Å². The monoisotopic (exact) mass is 363 g/mol. The van der Waals surface area contributed by atoms with E-state index in [0.29, 0.717) is 15.2 Å². The number of rotatable bonds is 3. The van der Waals surface area contributed by atoms with E-state index in [9.17, 15) is 12.8 Å². The maximum atomic E-state index is 13.0.